The van der Waals surface area contributed by atoms with E-state index in [4.69, 9.17) is 4.74 Å². The van der Waals surface area contributed by atoms with Gasteiger partial charge in [-0.2, -0.15) is 0 Å². The number of aliphatic hydroxyl groups excluding tert-OH is 1. The molecule has 1 aromatic heterocycles. The van der Waals surface area contributed by atoms with Crippen LogP contribution in [0.5, 0.6) is 0 Å². The van der Waals surface area contributed by atoms with Crippen molar-refractivity contribution in [2.24, 2.45) is 5.92 Å². The second-order valence-electron chi connectivity index (χ2n) is 3.19. The van der Waals surface area contributed by atoms with Crippen molar-refractivity contribution in [3.63, 3.8) is 0 Å². The molecule has 0 saturated carbocycles. The Morgan fingerprint density at radius 1 is 1.71 bits per heavy atom. The summed E-state index contributed by atoms with van der Waals surface area (Å²) >= 11 is 1.46. The molecule has 2 atom stereocenters. The summed E-state index contributed by atoms with van der Waals surface area (Å²) in [7, 11) is 0. The molecule has 3 nitrogen and oxygen atoms in total. The zero-order chi connectivity index (χ0) is 10.1. The summed E-state index contributed by atoms with van der Waals surface area (Å²) in [5, 5.41) is 11.8. The fourth-order valence-corrected chi connectivity index (χ4v) is 2.22. The van der Waals surface area contributed by atoms with Crippen LogP contribution in [0, 0.1) is 5.92 Å². The number of thiophene rings is 1. The highest BCUT2D eigenvalue weighted by molar-refractivity contribution is 7.10. The van der Waals surface area contributed by atoms with Gasteiger partial charge in [-0.05, 0) is 11.4 Å². The third kappa shape index (κ3) is 1.47. The van der Waals surface area contributed by atoms with Crippen molar-refractivity contribution >= 4 is 17.3 Å². The molecule has 1 N–H and O–H groups in total. The van der Waals surface area contributed by atoms with Gasteiger partial charge < -0.3 is 9.84 Å². The number of aliphatic hydroxyl groups is 1. The maximum atomic E-state index is 11.0. The standard InChI is InChI=1S/C10H10O3S/c1-6-7(5-13-10(6)12)9(11)8-3-2-4-14-8/h2-4,7,9,11H,1,5H2/t7-,9-/m1/s1. The number of carbonyl (C=O) groups excluding carboxylic acids is 1. The van der Waals surface area contributed by atoms with E-state index in [0.717, 1.165) is 4.88 Å². The van der Waals surface area contributed by atoms with E-state index in [2.05, 4.69) is 6.58 Å². The SMILES string of the molecule is C=C1C(=O)OC[C@H]1[C@@H](O)c1cccs1. The third-order valence-electron chi connectivity index (χ3n) is 2.32. The number of hydrogen-bond acceptors (Lipinski definition) is 4. The molecule has 1 saturated heterocycles. The Bertz CT molecular complexity index is 355. The van der Waals surface area contributed by atoms with Crippen molar-refractivity contribution in [1.82, 2.24) is 0 Å². The number of ether oxygens (including phenoxy) is 1. The predicted molar refractivity (Wildman–Crippen MR) is 52.9 cm³/mol. The van der Waals surface area contributed by atoms with Gasteiger partial charge in [-0.3, -0.25) is 0 Å². The van der Waals surface area contributed by atoms with Gasteiger partial charge in [-0.15, -0.1) is 11.3 Å². The van der Waals surface area contributed by atoms with E-state index in [9.17, 15) is 9.90 Å². The second kappa shape index (κ2) is 3.55. The number of cyclic esters (lactones) is 1. The second-order valence-corrected chi connectivity index (χ2v) is 4.17. The maximum Gasteiger partial charge on any atom is 0.333 e. The molecule has 0 aromatic carbocycles. The lowest BCUT2D eigenvalue weighted by Crippen LogP contribution is -2.13. The predicted octanol–water partition coefficient (Wildman–Crippen LogP) is 1.51. The molecule has 1 aliphatic rings. The number of rotatable bonds is 2. The maximum absolute atomic E-state index is 11.0. The Balaban J connectivity index is 2.17. The van der Waals surface area contributed by atoms with E-state index in [1.165, 1.54) is 11.3 Å². The van der Waals surface area contributed by atoms with Crippen LogP contribution in [0.25, 0.3) is 0 Å². The van der Waals surface area contributed by atoms with Gasteiger partial charge >= 0.3 is 5.97 Å². The van der Waals surface area contributed by atoms with E-state index in [0.29, 0.717) is 5.57 Å². The molecule has 1 aliphatic heterocycles. The fraction of sp³-hybridized carbons (Fsp3) is 0.300. The van der Waals surface area contributed by atoms with Crippen LogP contribution < -0.4 is 0 Å². The monoisotopic (exact) mass is 210 g/mol. The molecule has 0 aliphatic carbocycles. The first-order valence-electron chi connectivity index (χ1n) is 4.27. The summed E-state index contributed by atoms with van der Waals surface area (Å²) in [5.41, 5.74) is 0.367. The zero-order valence-electron chi connectivity index (χ0n) is 7.47. The van der Waals surface area contributed by atoms with Crippen LogP contribution in [0.1, 0.15) is 11.0 Å². The topological polar surface area (TPSA) is 46.5 Å². The molecule has 14 heavy (non-hydrogen) atoms. The van der Waals surface area contributed by atoms with E-state index in [1.54, 1.807) is 0 Å². The van der Waals surface area contributed by atoms with Gasteiger partial charge in [0.05, 0.1) is 12.0 Å². The molecule has 0 radical (unpaired) electrons. The quantitative estimate of drug-likeness (QED) is 0.594. The first-order valence-corrected chi connectivity index (χ1v) is 5.15. The van der Waals surface area contributed by atoms with Gasteiger partial charge in [0.2, 0.25) is 0 Å². The van der Waals surface area contributed by atoms with Gasteiger partial charge in [0.15, 0.2) is 0 Å². The van der Waals surface area contributed by atoms with Crippen LogP contribution in [-0.4, -0.2) is 17.7 Å². The molecule has 0 spiro atoms. The average Bonchev–Trinajstić information content (AvgIpc) is 2.77. The first-order chi connectivity index (χ1) is 6.70. The minimum Gasteiger partial charge on any atom is -0.462 e. The van der Waals surface area contributed by atoms with Crippen molar-refractivity contribution in [3.05, 3.63) is 34.5 Å². The van der Waals surface area contributed by atoms with Gasteiger partial charge in [-0.1, -0.05) is 12.6 Å². The van der Waals surface area contributed by atoms with Crippen molar-refractivity contribution in [2.75, 3.05) is 6.61 Å². The van der Waals surface area contributed by atoms with Gasteiger partial charge in [-0.25, -0.2) is 4.79 Å². The highest BCUT2D eigenvalue weighted by atomic mass is 32.1. The molecule has 1 fully saturated rings. The van der Waals surface area contributed by atoms with Crippen molar-refractivity contribution in [2.45, 2.75) is 6.10 Å². The van der Waals surface area contributed by atoms with Crippen molar-refractivity contribution in [3.8, 4) is 0 Å². The van der Waals surface area contributed by atoms with Crippen LogP contribution >= 0.6 is 11.3 Å². The molecule has 0 bridgehead atoms. The van der Waals surface area contributed by atoms with Gasteiger partial charge in [0.1, 0.15) is 6.61 Å². The van der Waals surface area contributed by atoms with E-state index in [-0.39, 0.29) is 12.5 Å². The number of carbonyl (C=O) groups is 1. The summed E-state index contributed by atoms with van der Waals surface area (Å²) in [5.74, 6) is -0.688. The molecule has 2 rings (SSSR count). The van der Waals surface area contributed by atoms with Crippen LogP contribution in [0.2, 0.25) is 0 Å². The van der Waals surface area contributed by atoms with Gasteiger partial charge in [0, 0.05) is 10.5 Å². The van der Waals surface area contributed by atoms with Crippen LogP contribution in [-0.2, 0) is 9.53 Å². The van der Waals surface area contributed by atoms with E-state index in [1.807, 2.05) is 17.5 Å². The van der Waals surface area contributed by atoms with Gasteiger partial charge in [0.25, 0.3) is 0 Å². The Hall–Kier alpha value is -1.13. The highest BCUT2D eigenvalue weighted by Crippen LogP contribution is 2.34. The minimum atomic E-state index is -0.672. The minimum absolute atomic E-state index is 0.233. The summed E-state index contributed by atoms with van der Waals surface area (Å²) < 4.78 is 4.80. The third-order valence-corrected chi connectivity index (χ3v) is 3.26. The molecule has 2 heterocycles. The lowest BCUT2D eigenvalue weighted by molar-refractivity contribution is -0.135. The van der Waals surface area contributed by atoms with Crippen molar-refractivity contribution < 1.29 is 14.6 Å². The largest absolute Gasteiger partial charge is 0.462 e. The van der Waals surface area contributed by atoms with Crippen LogP contribution in [0.4, 0.5) is 0 Å². The molecular formula is C10H10O3S. The van der Waals surface area contributed by atoms with E-state index >= 15 is 0 Å². The lowest BCUT2D eigenvalue weighted by Gasteiger charge is -2.13. The molecule has 0 unspecified atom stereocenters. The normalized spacial score (nSPS) is 23.6. The average molecular weight is 210 g/mol. The fourth-order valence-electron chi connectivity index (χ4n) is 1.45. The molecular weight excluding hydrogens is 200 g/mol. The zero-order valence-corrected chi connectivity index (χ0v) is 8.29. The van der Waals surface area contributed by atoms with Crippen LogP contribution in [0.3, 0.4) is 0 Å². The summed E-state index contributed by atoms with van der Waals surface area (Å²) in [6.07, 6.45) is -0.672. The Morgan fingerprint density at radius 2 is 2.50 bits per heavy atom. The Kier molecular flexibility index (Phi) is 2.39. The summed E-state index contributed by atoms with van der Waals surface area (Å²) in [6, 6.07) is 3.70. The van der Waals surface area contributed by atoms with E-state index < -0.39 is 12.1 Å². The Morgan fingerprint density at radius 3 is 3.00 bits per heavy atom. The molecule has 0 amide bonds. The smallest absolute Gasteiger partial charge is 0.333 e. The Labute approximate surface area is 85.6 Å². The molecule has 4 heteroatoms. The lowest BCUT2D eigenvalue weighted by atomic mass is 9.96. The highest BCUT2D eigenvalue weighted by Gasteiger charge is 2.35. The molecule has 1 aromatic rings. The molecule has 74 valence electrons. The van der Waals surface area contributed by atoms with Crippen molar-refractivity contribution in [1.29, 1.82) is 0 Å². The summed E-state index contributed by atoms with van der Waals surface area (Å²) in [6.45, 7) is 3.85. The number of hydrogen-bond donors (Lipinski definition) is 1. The number of esters is 1. The first kappa shape index (κ1) is 9.43. The summed E-state index contributed by atoms with van der Waals surface area (Å²) in [4.78, 5) is 11.9. The van der Waals surface area contributed by atoms with Crippen LogP contribution in [0.15, 0.2) is 29.7 Å².